The fourth-order valence-corrected chi connectivity index (χ4v) is 4.81. The van der Waals surface area contributed by atoms with E-state index >= 15 is 0 Å². The number of fused-ring (bicyclic) bond motifs is 2. The van der Waals surface area contributed by atoms with Gasteiger partial charge < -0.3 is 19.5 Å². The first-order valence-corrected chi connectivity index (χ1v) is 14.2. The molecule has 0 atom stereocenters. The van der Waals surface area contributed by atoms with Gasteiger partial charge >= 0.3 is 19.1 Å². The van der Waals surface area contributed by atoms with Crippen LogP contribution in [0.1, 0.15) is 28.4 Å². The molecule has 0 aliphatic heterocycles. The highest BCUT2D eigenvalue weighted by Gasteiger charge is 2.20. The van der Waals surface area contributed by atoms with Crippen LogP contribution in [-0.4, -0.2) is 73.3 Å². The minimum absolute atomic E-state index is 0. The molecule has 0 saturated carbocycles. The summed E-state index contributed by atoms with van der Waals surface area (Å²) in [6.45, 7) is 0. The van der Waals surface area contributed by atoms with Crippen LogP contribution in [0.4, 0.5) is 8.78 Å². The summed E-state index contributed by atoms with van der Waals surface area (Å²) in [5.74, 6) is -1.92. The second-order valence-corrected chi connectivity index (χ2v) is 10.6. The van der Waals surface area contributed by atoms with Crippen molar-refractivity contribution in [3.05, 3.63) is 105 Å². The Morgan fingerprint density at radius 1 is 0.870 bits per heavy atom. The highest BCUT2D eigenvalue weighted by molar-refractivity contribution is 9.10. The van der Waals surface area contributed by atoms with E-state index < -0.39 is 30.7 Å². The van der Waals surface area contributed by atoms with Gasteiger partial charge in [0.2, 0.25) is 0 Å². The second kappa shape index (κ2) is 16.1. The molecule has 0 bridgehead atoms. The summed E-state index contributed by atoms with van der Waals surface area (Å²) in [7, 11) is 0.982. The van der Waals surface area contributed by atoms with E-state index in [1.54, 1.807) is 42.7 Å². The Balaban J connectivity index is 0.000000199. The number of ether oxygens (including phenoxy) is 2. The van der Waals surface area contributed by atoms with Crippen molar-refractivity contribution in [1.29, 1.82) is 0 Å². The van der Waals surface area contributed by atoms with E-state index in [2.05, 4.69) is 61.9 Å². The molecule has 12 nitrogen and oxygen atoms in total. The fraction of sp³-hybridized carbons (Fsp3) is 0.103. The Labute approximate surface area is 277 Å². The molecule has 0 fully saturated rings. The number of nitrogens with zero attached hydrogens (tertiary/aromatic N) is 5. The first-order valence-electron chi connectivity index (χ1n) is 12.6. The van der Waals surface area contributed by atoms with E-state index in [0.29, 0.717) is 42.4 Å². The summed E-state index contributed by atoms with van der Waals surface area (Å²) in [5.41, 5.74) is 2.04. The summed E-state index contributed by atoms with van der Waals surface area (Å²) >= 11 is 6.25. The Kier molecular flexibility index (Phi) is 12.6. The Hall–Kier alpha value is -4.58. The van der Waals surface area contributed by atoms with Crippen molar-refractivity contribution in [3.8, 4) is 5.69 Å². The molecule has 46 heavy (non-hydrogen) atoms. The molecule has 17 heteroatoms. The zero-order valence-electron chi connectivity index (χ0n) is 23.3. The van der Waals surface area contributed by atoms with E-state index in [4.69, 9.17) is 14.8 Å². The summed E-state index contributed by atoms with van der Waals surface area (Å²) < 4.78 is 37.8. The summed E-state index contributed by atoms with van der Waals surface area (Å²) in [4.78, 5) is 31.1. The highest BCUT2D eigenvalue weighted by Crippen LogP contribution is 2.24. The topological polar surface area (TPSA) is 165 Å². The maximum atomic E-state index is 13.6. The van der Waals surface area contributed by atoms with E-state index in [-0.39, 0.29) is 18.6 Å². The number of aromatic nitrogens is 6. The van der Waals surface area contributed by atoms with Gasteiger partial charge in [0.05, 0.1) is 30.7 Å². The number of rotatable bonds is 4. The lowest BCUT2D eigenvalue weighted by molar-refractivity contribution is 0.0587. The lowest BCUT2D eigenvalue weighted by atomic mass is 9.80. The molecule has 2 aromatic carbocycles. The Morgan fingerprint density at radius 3 is 2.09 bits per heavy atom. The number of halogens is 4. The predicted octanol–water partition coefficient (Wildman–Crippen LogP) is 4.76. The van der Waals surface area contributed by atoms with Crippen molar-refractivity contribution >= 4 is 78.4 Å². The van der Waals surface area contributed by atoms with Crippen LogP contribution >= 0.6 is 31.9 Å². The van der Waals surface area contributed by atoms with E-state index in [0.717, 1.165) is 6.07 Å². The first kappa shape index (κ1) is 35.9. The zero-order chi connectivity index (χ0) is 32.7. The number of pyridine rings is 2. The molecule has 3 N–H and O–H groups in total. The number of esters is 2. The summed E-state index contributed by atoms with van der Waals surface area (Å²) in [6.07, 6.45) is 3.19. The minimum Gasteiger partial charge on any atom is -0.464 e. The molecular formula is C29H25BBr2F2N6O6. The largest absolute Gasteiger partial charge is 0.488 e. The molecule has 0 unspecified atom stereocenters. The third kappa shape index (κ3) is 8.57. The van der Waals surface area contributed by atoms with Crippen LogP contribution in [0.2, 0.25) is 0 Å². The Morgan fingerprint density at radius 2 is 1.48 bits per heavy atom. The van der Waals surface area contributed by atoms with Crippen LogP contribution in [0.5, 0.6) is 0 Å². The maximum absolute atomic E-state index is 13.6. The van der Waals surface area contributed by atoms with Crippen LogP contribution in [-0.2, 0) is 9.47 Å². The van der Waals surface area contributed by atoms with Crippen LogP contribution < -0.4 is 5.46 Å². The second-order valence-electron chi connectivity index (χ2n) is 8.80. The molecule has 0 radical (unpaired) electrons. The number of hydrogen-bond donors (Lipinski definition) is 3. The number of aromatic amines is 1. The third-order valence-corrected chi connectivity index (χ3v) is 6.73. The lowest BCUT2D eigenvalue weighted by Crippen LogP contribution is -2.30. The number of benzene rings is 2. The smallest absolute Gasteiger partial charge is 0.464 e. The summed E-state index contributed by atoms with van der Waals surface area (Å²) in [5, 5.41) is 29.1. The predicted molar refractivity (Wildman–Crippen MR) is 174 cm³/mol. The maximum Gasteiger partial charge on any atom is 0.488 e. The Bertz CT molecular complexity index is 1950. The van der Waals surface area contributed by atoms with Gasteiger partial charge in [0.1, 0.15) is 11.6 Å². The molecule has 4 heterocycles. The van der Waals surface area contributed by atoms with Gasteiger partial charge in [-0.2, -0.15) is 10.2 Å². The minimum atomic E-state index is -1.62. The fourth-order valence-electron chi connectivity index (χ4n) is 3.87. The average Bonchev–Trinajstić information content (AvgIpc) is 3.62. The van der Waals surface area contributed by atoms with Crippen molar-refractivity contribution in [1.82, 2.24) is 29.9 Å². The van der Waals surface area contributed by atoms with Crippen LogP contribution in [0.25, 0.3) is 27.8 Å². The van der Waals surface area contributed by atoms with Crippen LogP contribution in [0, 0.1) is 11.6 Å². The normalized spacial score (nSPS) is 10.2. The molecule has 6 aromatic rings. The van der Waals surface area contributed by atoms with Gasteiger partial charge in [0.25, 0.3) is 0 Å². The van der Waals surface area contributed by atoms with E-state index in [1.807, 2.05) is 0 Å². The number of nitrogens with one attached hydrogen (secondary N) is 1. The molecular weight excluding hydrogens is 737 g/mol. The highest BCUT2D eigenvalue weighted by atomic mass is 79.9. The number of hydrogen-bond acceptors (Lipinski definition) is 10. The van der Waals surface area contributed by atoms with Gasteiger partial charge in [-0.1, -0.05) is 39.3 Å². The van der Waals surface area contributed by atoms with Gasteiger partial charge in [-0.25, -0.2) is 33.0 Å². The quantitative estimate of drug-likeness (QED) is 0.169. The third-order valence-electron chi connectivity index (χ3n) is 5.82. The molecule has 0 aliphatic rings. The monoisotopic (exact) mass is 760 g/mol. The molecule has 0 amide bonds. The number of methoxy groups -OCH3 is 2. The van der Waals surface area contributed by atoms with Crippen molar-refractivity contribution in [2.75, 3.05) is 14.2 Å². The van der Waals surface area contributed by atoms with Gasteiger partial charge in [-0.05, 0) is 66.1 Å². The lowest BCUT2D eigenvalue weighted by Gasteiger charge is -2.03. The molecule has 0 spiro atoms. The molecule has 0 saturated heterocycles. The molecule has 4 aromatic heterocycles. The van der Waals surface area contributed by atoms with E-state index in [1.165, 1.54) is 43.2 Å². The van der Waals surface area contributed by atoms with Gasteiger partial charge in [0, 0.05) is 21.3 Å². The van der Waals surface area contributed by atoms with Gasteiger partial charge in [-0.15, -0.1) is 0 Å². The molecule has 6 rings (SSSR count). The number of carbonyl (C=O) groups is 2. The SMILES string of the molecule is C.COC(=O)c1[nH]nc2ncccc12.COC(=O)c1nn(-c2cc(F)cc(Br)c2)c2ncccc12.OB(O)c1cc(F)cc(Br)c1. The van der Waals surface area contributed by atoms with Crippen LogP contribution in [0.3, 0.4) is 0 Å². The molecule has 238 valence electrons. The van der Waals surface area contributed by atoms with Gasteiger partial charge in [0.15, 0.2) is 22.7 Å². The first-order chi connectivity index (χ1) is 21.5. The zero-order valence-corrected chi connectivity index (χ0v) is 26.5. The van der Waals surface area contributed by atoms with Crippen molar-refractivity contribution in [3.63, 3.8) is 0 Å². The number of carbonyl (C=O) groups excluding carboxylic acids is 2. The van der Waals surface area contributed by atoms with Crippen molar-refractivity contribution in [2.24, 2.45) is 0 Å². The summed E-state index contributed by atoms with van der Waals surface area (Å²) in [6, 6.07) is 15.0. The van der Waals surface area contributed by atoms with Crippen LogP contribution in [0.15, 0.2) is 82.0 Å². The molecule has 0 aliphatic carbocycles. The standard InChI is InChI=1S/C14H9BrFN3O2.C8H7N3O2.C6H5BBrFO2.CH4/c1-21-14(20)12-11-3-2-4-17-13(11)19(18-12)10-6-8(15)5-9(16)7-10;1-13-8(12)6-5-3-2-4-9-7(5)11-10-6;8-5-1-4(7(10)11)2-6(9)3-5;/h2-7H,1H3;2-4H,1H3,(H,9,10,11);1-3,10-11H;1H4. The van der Waals surface area contributed by atoms with E-state index in [9.17, 15) is 18.4 Å². The van der Waals surface area contributed by atoms with Crippen molar-refractivity contribution < 1.29 is 37.9 Å². The van der Waals surface area contributed by atoms with Crippen molar-refractivity contribution in [2.45, 2.75) is 7.43 Å². The average molecular weight is 762 g/mol. The van der Waals surface area contributed by atoms with Gasteiger partial charge in [-0.3, -0.25) is 5.10 Å². The number of H-pyrrole nitrogens is 1.